The van der Waals surface area contributed by atoms with Crippen LogP contribution in [0.4, 0.5) is 24.5 Å². The Kier molecular flexibility index (Phi) is 11.4. The molecule has 12 heteroatoms. The predicted octanol–water partition coefficient (Wildman–Crippen LogP) is 6.22. The number of aromatic nitrogens is 2. The Hall–Kier alpha value is -4.89. The molecule has 0 saturated heterocycles. The average Bonchev–Trinajstić information content (AvgIpc) is 3.46. The fourth-order valence-electron chi connectivity index (χ4n) is 4.91. The Labute approximate surface area is 272 Å². The van der Waals surface area contributed by atoms with Gasteiger partial charge in [0, 0.05) is 63.0 Å². The van der Waals surface area contributed by atoms with Crippen molar-refractivity contribution in [2.75, 3.05) is 30.9 Å². The number of imidazole rings is 1. The van der Waals surface area contributed by atoms with Gasteiger partial charge in [0.25, 0.3) is 0 Å². The summed E-state index contributed by atoms with van der Waals surface area (Å²) in [4.78, 5) is 21.1. The van der Waals surface area contributed by atoms with E-state index in [0.717, 1.165) is 17.3 Å². The van der Waals surface area contributed by atoms with Gasteiger partial charge in [0.1, 0.15) is 0 Å². The van der Waals surface area contributed by atoms with Gasteiger partial charge >= 0.3 is 6.18 Å². The molecular formula is C34H36F3N7OS. The highest BCUT2D eigenvalue weighted by Gasteiger charge is 2.33. The number of thiocarbonyl (C=S) groups is 1. The molecule has 8 nitrogen and oxygen atoms in total. The number of amides is 1. The number of nitrogens with one attached hydrogen (secondary N) is 2. The van der Waals surface area contributed by atoms with E-state index in [9.17, 15) is 18.0 Å². The summed E-state index contributed by atoms with van der Waals surface area (Å²) < 4.78 is 43.5. The van der Waals surface area contributed by atoms with Crippen LogP contribution in [0.2, 0.25) is 0 Å². The number of benzene rings is 3. The van der Waals surface area contributed by atoms with Crippen LogP contribution in [-0.4, -0.2) is 52.2 Å². The van der Waals surface area contributed by atoms with Gasteiger partial charge in [0.15, 0.2) is 5.11 Å². The molecule has 4 aromatic rings. The number of alkyl halides is 3. The summed E-state index contributed by atoms with van der Waals surface area (Å²) in [6.45, 7) is 2.45. The Morgan fingerprint density at radius 3 is 2.39 bits per heavy atom. The van der Waals surface area contributed by atoms with E-state index in [1.54, 1.807) is 35.6 Å². The van der Waals surface area contributed by atoms with Gasteiger partial charge in [0.2, 0.25) is 5.91 Å². The topological polar surface area (TPSA) is 89.2 Å². The lowest BCUT2D eigenvalue weighted by Gasteiger charge is -2.31. The van der Waals surface area contributed by atoms with Gasteiger partial charge in [-0.2, -0.15) is 18.4 Å². The van der Waals surface area contributed by atoms with Crippen molar-refractivity contribution in [2.24, 2.45) is 0 Å². The lowest BCUT2D eigenvalue weighted by Crippen LogP contribution is -2.47. The molecule has 0 saturated carbocycles. The predicted molar refractivity (Wildman–Crippen MR) is 177 cm³/mol. The molecule has 2 N–H and O–H groups in total. The molecule has 0 aliphatic heterocycles. The summed E-state index contributed by atoms with van der Waals surface area (Å²) in [7, 11) is 3.85. The zero-order valence-electron chi connectivity index (χ0n) is 25.9. The zero-order valence-corrected chi connectivity index (χ0v) is 26.7. The van der Waals surface area contributed by atoms with Gasteiger partial charge in [0.05, 0.1) is 29.9 Å². The number of anilines is 2. The van der Waals surface area contributed by atoms with Crippen LogP contribution in [0.3, 0.4) is 0 Å². The Morgan fingerprint density at radius 1 is 1.07 bits per heavy atom. The second-order valence-corrected chi connectivity index (χ2v) is 11.5. The molecule has 1 amide bonds. The summed E-state index contributed by atoms with van der Waals surface area (Å²) in [5.41, 5.74) is 3.24. The van der Waals surface area contributed by atoms with Crippen LogP contribution in [0.5, 0.6) is 0 Å². The quantitative estimate of drug-likeness (QED) is 0.177. The lowest BCUT2D eigenvalue weighted by molar-refractivity contribution is -0.138. The Bertz CT molecular complexity index is 1660. The van der Waals surface area contributed by atoms with Crippen molar-refractivity contribution < 1.29 is 18.0 Å². The first kappa shape index (κ1) is 34.0. The maximum absolute atomic E-state index is 13.9. The minimum absolute atomic E-state index is 0.0601. The van der Waals surface area contributed by atoms with Crippen LogP contribution >= 0.6 is 12.2 Å². The van der Waals surface area contributed by atoms with E-state index >= 15 is 0 Å². The molecule has 0 fully saturated rings. The molecular weight excluding hydrogens is 611 g/mol. The second kappa shape index (κ2) is 15.4. The molecule has 1 atom stereocenters. The van der Waals surface area contributed by atoms with Crippen molar-refractivity contribution in [3.8, 4) is 6.07 Å². The van der Waals surface area contributed by atoms with Crippen molar-refractivity contribution >= 4 is 34.6 Å². The highest BCUT2D eigenvalue weighted by molar-refractivity contribution is 7.80. The number of nitriles is 1. The molecule has 0 aliphatic carbocycles. The second-order valence-electron chi connectivity index (χ2n) is 11.1. The van der Waals surface area contributed by atoms with E-state index in [4.69, 9.17) is 17.5 Å². The molecule has 1 heterocycles. The van der Waals surface area contributed by atoms with Crippen LogP contribution in [0.1, 0.15) is 41.3 Å². The van der Waals surface area contributed by atoms with Gasteiger partial charge in [-0.25, -0.2) is 4.98 Å². The number of carbonyl (C=O) groups excluding carboxylic acids is 1. The highest BCUT2D eigenvalue weighted by Crippen LogP contribution is 2.32. The fourth-order valence-corrected chi connectivity index (χ4v) is 5.17. The van der Waals surface area contributed by atoms with Crippen molar-refractivity contribution in [1.82, 2.24) is 19.8 Å². The lowest BCUT2D eigenvalue weighted by atomic mass is 10.1. The molecule has 1 aromatic heterocycles. The maximum atomic E-state index is 13.9. The number of carbonyl (C=O) groups is 1. The van der Waals surface area contributed by atoms with E-state index in [1.807, 2.05) is 66.9 Å². The van der Waals surface area contributed by atoms with Gasteiger partial charge in [-0.3, -0.25) is 4.79 Å². The smallest absolute Gasteiger partial charge is 0.378 e. The Morgan fingerprint density at radius 2 is 1.76 bits per heavy atom. The zero-order chi connectivity index (χ0) is 33.3. The molecule has 0 radical (unpaired) electrons. The van der Waals surface area contributed by atoms with E-state index in [0.29, 0.717) is 29.9 Å². The van der Waals surface area contributed by atoms with Gasteiger partial charge in [-0.1, -0.05) is 37.3 Å². The molecule has 0 aliphatic rings. The molecule has 0 spiro atoms. The fraction of sp³-hybridized carbons (Fsp3) is 0.294. The van der Waals surface area contributed by atoms with E-state index in [2.05, 4.69) is 21.7 Å². The third-order valence-electron chi connectivity index (χ3n) is 7.48. The minimum Gasteiger partial charge on any atom is -0.378 e. The average molecular weight is 648 g/mol. The third-order valence-corrected chi connectivity index (χ3v) is 7.84. The first-order valence-corrected chi connectivity index (χ1v) is 15.1. The summed E-state index contributed by atoms with van der Waals surface area (Å²) in [5, 5.41) is 15.5. The first-order chi connectivity index (χ1) is 22.0. The third kappa shape index (κ3) is 9.31. The summed E-state index contributed by atoms with van der Waals surface area (Å²) in [5.74, 6) is -0.248. The summed E-state index contributed by atoms with van der Waals surface area (Å²) >= 11 is 5.73. The standard InChI is InChI=1S/C34H36F3N7OS/c1-4-27(40-32(45)17-30-19-39-23-44(30)20-25-11-9-24(18-38)10-12-25)22-43(21-26-7-5-6-8-31(26)34(35,36)37)33(46)41-28-13-15-29(16-14-28)42(2)3/h5-16,19,23,27H,4,17,20-22H2,1-3H3,(H,40,45)(H,41,46)/t27-/m0/s1. The van der Waals surface area contributed by atoms with Gasteiger partial charge in [-0.15, -0.1) is 0 Å². The van der Waals surface area contributed by atoms with E-state index < -0.39 is 17.8 Å². The van der Waals surface area contributed by atoms with Crippen LogP contribution < -0.4 is 15.5 Å². The van der Waals surface area contributed by atoms with Crippen molar-refractivity contribution in [3.05, 3.63) is 113 Å². The Balaban J connectivity index is 1.49. The number of halogens is 3. The normalized spacial score (nSPS) is 11.8. The number of rotatable bonds is 12. The van der Waals surface area contributed by atoms with Gasteiger partial charge in [-0.05, 0) is 72.2 Å². The summed E-state index contributed by atoms with van der Waals surface area (Å²) in [6, 6.07) is 21.8. The van der Waals surface area contributed by atoms with Crippen molar-refractivity contribution in [3.63, 3.8) is 0 Å². The first-order valence-electron chi connectivity index (χ1n) is 14.7. The highest BCUT2D eigenvalue weighted by atomic mass is 32.1. The monoisotopic (exact) mass is 647 g/mol. The summed E-state index contributed by atoms with van der Waals surface area (Å²) in [6.07, 6.45) is -0.672. The largest absolute Gasteiger partial charge is 0.416 e. The molecule has 46 heavy (non-hydrogen) atoms. The van der Waals surface area contributed by atoms with Gasteiger partial charge < -0.3 is 25.0 Å². The van der Waals surface area contributed by atoms with Crippen LogP contribution in [-0.2, 0) is 30.5 Å². The number of hydrogen-bond donors (Lipinski definition) is 2. The van der Waals surface area contributed by atoms with Crippen LogP contribution in [0.15, 0.2) is 85.3 Å². The SMILES string of the molecule is CC[C@@H](CN(Cc1ccccc1C(F)(F)F)C(=S)Nc1ccc(N(C)C)cc1)NC(=O)Cc1cncn1Cc1ccc(C#N)cc1. The molecule has 0 unspecified atom stereocenters. The van der Waals surface area contributed by atoms with Crippen molar-refractivity contribution in [2.45, 2.75) is 45.1 Å². The maximum Gasteiger partial charge on any atom is 0.416 e. The van der Waals surface area contributed by atoms with Crippen LogP contribution in [0.25, 0.3) is 0 Å². The van der Waals surface area contributed by atoms with Crippen LogP contribution in [0, 0.1) is 11.3 Å². The number of nitrogens with zero attached hydrogens (tertiary/aromatic N) is 5. The molecule has 4 rings (SSSR count). The van der Waals surface area contributed by atoms with E-state index in [-0.39, 0.29) is 36.1 Å². The minimum atomic E-state index is -4.53. The molecule has 0 bridgehead atoms. The van der Waals surface area contributed by atoms with Crippen molar-refractivity contribution in [1.29, 1.82) is 5.26 Å². The molecule has 3 aromatic carbocycles. The molecule has 240 valence electrons. The van der Waals surface area contributed by atoms with E-state index in [1.165, 1.54) is 12.1 Å². The number of hydrogen-bond acceptors (Lipinski definition) is 5.